The van der Waals surface area contributed by atoms with Crippen LogP contribution < -0.4 is 0 Å². The number of hydrogen-bond acceptors (Lipinski definition) is 4. The SMILES string of the molecule is O=C(c1cnc(Cc2ccccc2)s1)N1CCC(F)(Cc2ccccn2)CC1. The third kappa shape index (κ3) is 4.44. The number of carbonyl (C=O) groups is 1. The number of amides is 1. The first-order chi connectivity index (χ1) is 13.6. The van der Waals surface area contributed by atoms with Crippen LogP contribution in [0.25, 0.3) is 0 Å². The normalized spacial score (nSPS) is 16.1. The molecule has 144 valence electrons. The quantitative estimate of drug-likeness (QED) is 0.646. The Balaban J connectivity index is 1.35. The average molecular weight is 396 g/mol. The van der Waals surface area contributed by atoms with E-state index < -0.39 is 5.67 Å². The van der Waals surface area contributed by atoms with Gasteiger partial charge in [-0.15, -0.1) is 11.3 Å². The van der Waals surface area contributed by atoms with E-state index in [-0.39, 0.29) is 5.91 Å². The van der Waals surface area contributed by atoms with Crippen LogP contribution in [0.3, 0.4) is 0 Å². The number of rotatable bonds is 5. The minimum Gasteiger partial charge on any atom is -0.338 e. The summed E-state index contributed by atoms with van der Waals surface area (Å²) in [6.07, 6.45) is 5.04. The summed E-state index contributed by atoms with van der Waals surface area (Å²) < 4.78 is 15.2. The second kappa shape index (κ2) is 8.19. The smallest absolute Gasteiger partial charge is 0.265 e. The zero-order valence-corrected chi connectivity index (χ0v) is 16.4. The summed E-state index contributed by atoms with van der Waals surface area (Å²) in [5.41, 5.74) is 0.639. The number of alkyl halides is 1. The molecule has 6 heteroatoms. The molecular formula is C22H22FN3OS. The van der Waals surface area contributed by atoms with Crippen molar-refractivity contribution >= 4 is 17.2 Å². The molecule has 0 aliphatic carbocycles. The van der Waals surface area contributed by atoms with Gasteiger partial charge in [0, 0.05) is 37.8 Å². The van der Waals surface area contributed by atoms with Crippen LogP contribution in [0.2, 0.25) is 0 Å². The molecule has 1 aliphatic rings. The Bertz CT molecular complexity index is 921. The van der Waals surface area contributed by atoms with Gasteiger partial charge in [-0.25, -0.2) is 9.37 Å². The van der Waals surface area contributed by atoms with Crippen LogP contribution in [-0.2, 0) is 12.8 Å². The number of benzene rings is 1. The van der Waals surface area contributed by atoms with Crippen LogP contribution in [-0.4, -0.2) is 39.5 Å². The van der Waals surface area contributed by atoms with E-state index in [9.17, 15) is 4.79 Å². The first-order valence-corrected chi connectivity index (χ1v) is 10.3. The first kappa shape index (κ1) is 18.7. The van der Waals surface area contributed by atoms with Crippen molar-refractivity contribution < 1.29 is 9.18 Å². The number of likely N-dealkylation sites (tertiary alicyclic amines) is 1. The summed E-state index contributed by atoms with van der Waals surface area (Å²) in [7, 11) is 0. The molecule has 3 heterocycles. The molecule has 0 radical (unpaired) electrons. The van der Waals surface area contributed by atoms with E-state index in [0.717, 1.165) is 17.1 Å². The summed E-state index contributed by atoms with van der Waals surface area (Å²) in [6.45, 7) is 0.849. The van der Waals surface area contributed by atoms with E-state index >= 15 is 4.39 Å². The summed E-state index contributed by atoms with van der Waals surface area (Å²) in [6, 6.07) is 15.6. The Morgan fingerprint density at radius 3 is 2.54 bits per heavy atom. The lowest BCUT2D eigenvalue weighted by atomic mass is 9.88. The largest absolute Gasteiger partial charge is 0.338 e. The van der Waals surface area contributed by atoms with Gasteiger partial charge >= 0.3 is 0 Å². The highest BCUT2D eigenvalue weighted by molar-refractivity contribution is 7.13. The Labute approximate surface area is 168 Å². The van der Waals surface area contributed by atoms with Crippen LogP contribution in [0.15, 0.2) is 60.9 Å². The van der Waals surface area contributed by atoms with Gasteiger partial charge in [0.05, 0.1) is 11.2 Å². The molecular weight excluding hydrogens is 373 g/mol. The van der Waals surface area contributed by atoms with E-state index in [2.05, 4.69) is 22.1 Å². The van der Waals surface area contributed by atoms with Crippen molar-refractivity contribution in [2.24, 2.45) is 0 Å². The number of halogens is 1. The highest BCUT2D eigenvalue weighted by Crippen LogP contribution is 2.31. The van der Waals surface area contributed by atoms with E-state index in [1.165, 1.54) is 16.9 Å². The Morgan fingerprint density at radius 2 is 1.82 bits per heavy atom. The zero-order chi connectivity index (χ0) is 19.4. The molecule has 0 N–H and O–H groups in total. The van der Waals surface area contributed by atoms with Crippen molar-refractivity contribution in [3.63, 3.8) is 0 Å². The predicted octanol–water partition coefficient (Wildman–Crippen LogP) is 4.32. The lowest BCUT2D eigenvalue weighted by molar-refractivity contribution is 0.0437. The Kier molecular flexibility index (Phi) is 5.48. The number of nitrogens with zero attached hydrogens (tertiary/aromatic N) is 3. The van der Waals surface area contributed by atoms with Crippen molar-refractivity contribution in [2.45, 2.75) is 31.4 Å². The molecule has 1 aromatic carbocycles. The molecule has 1 saturated heterocycles. The molecule has 1 fully saturated rings. The maximum Gasteiger partial charge on any atom is 0.265 e. The van der Waals surface area contributed by atoms with Crippen LogP contribution in [0.4, 0.5) is 4.39 Å². The predicted molar refractivity (Wildman–Crippen MR) is 108 cm³/mol. The molecule has 0 unspecified atom stereocenters. The molecule has 1 amide bonds. The Morgan fingerprint density at radius 1 is 1.07 bits per heavy atom. The monoisotopic (exact) mass is 395 g/mol. The van der Waals surface area contributed by atoms with E-state index in [4.69, 9.17) is 0 Å². The molecule has 0 spiro atoms. The molecule has 2 aromatic heterocycles. The van der Waals surface area contributed by atoms with Crippen molar-refractivity contribution in [1.82, 2.24) is 14.9 Å². The summed E-state index contributed by atoms with van der Waals surface area (Å²) >= 11 is 1.43. The highest BCUT2D eigenvalue weighted by Gasteiger charge is 2.37. The van der Waals surface area contributed by atoms with Gasteiger partial charge in [0.25, 0.3) is 5.91 Å². The first-order valence-electron chi connectivity index (χ1n) is 9.48. The number of aromatic nitrogens is 2. The minimum absolute atomic E-state index is 0.0447. The molecule has 4 rings (SSSR count). The van der Waals surface area contributed by atoms with E-state index in [0.29, 0.717) is 37.2 Å². The minimum atomic E-state index is -1.29. The second-order valence-electron chi connectivity index (χ2n) is 7.22. The van der Waals surface area contributed by atoms with E-state index in [1.54, 1.807) is 17.3 Å². The van der Waals surface area contributed by atoms with E-state index in [1.807, 2.05) is 36.4 Å². The van der Waals surface area contributed by atoms with Gasteiger partial charge in [-0.3, -0.25) is 9.78 Å². The van der Waals surface area contributed by atoms with Crippen molar-refractivity contribution in [1.29, 1.82) is 0 Å². The summed E-state index contributed by atoms with van der Waals surface area (Å²) in [5.74, 6) is -0.0447. The fraction of sp³-hybridized carbons (Fsp3) is 0.318. The van der Waals surface area contributed by atoms with Gasteiger partial charge in [0.15, 0.2) is 0 Å². The summed E-state index contributed by atoms with van der Waals surface area (Å²) in [4.78, 5) is 23.8. The maximum absolute atomic E-state index is 15.2. The van der Waals surface area contributed by atoms with Crippen molar-refractivity contribution in [2.75, 3.05) is 13.1 Å². The number of piperidine rings is 1. The molecule has 3 aromatic rings. The number of carbonyl (C=O) groups excluding carboxylic acids is 1. The van der Waals surface area contributed by atoms with Crippen LogP contribution >= 0.6 is 11.3 Å². The van der Waals surface area contributed by atoms with Gasteiger partial charge in [0.2, 0.25) is 0 Å². The molecule has 1 aliphatic heterocycles. The van der Waals surface area contributed by atoms with Gasteiger partial charge < -0.3 is 4.90 Å². The molecule has 0 atom stereocenters. The maximum atomic E-state index is 15.2. The van der Waals surface area contributed by atoms with Gasteiger partial charge in [-0.1, -0.05) is 36.4 Å². The third-order valence-corrected chi connectivity index (χ3v) is 6.12. The topological polar surface area (TPSA) is 46.1 Å². The second-order valence-corrected chi connectivity index (χ2v) is 8.34. The molecule has 4 nitrogen and oxygen atoms in total. The molecule has 0 bridgehead atoms. The standard InChI is InChI=1S/C22H22FN3OS/c23-22(15-18-8-4-5-11-24-18)9-12-26(13-10-22)21(27)19-16-25-20(28-19)14-17-6-2-1-3-7-17/h1-8,11,16H,9-10,12-15H2. The third-order valence-electron chi connectivity index (χ3n) is 5.13. The fourth-order valence-corrected chi connectivity index (χ4v) is 4.45. The lowest BCUT2D eigenvalue weighted by Gasteiger charge is -2.36. The van der Waals surface area contributed by atoms with Crippen LogP contribution in [0.1, 0.15) is 38.8 Å². The van der Waals surface area contributed by atoms with Crippen LogP contribution in [0.5, 0.6) is 0 Å². The van der Waals surface area contributed by atoms with Gasteiger partial charge in [0.1, 0.15) is 10.5 Å². The fourth-order valence-electron chi connectivity index (χ4n) is 3.53. The average Bonchev–Trinajstić information content (AvgIpc) is 3.18. The molecule has 28 heavy (non-hydrogen) atoms. The van der Waals surface area contributed by atoms with Crippen LogP contribution in [0, 0.1) is 0 Å². The van der Waals surface area contributed by atoms with Gasteiger partial charge in [-0.05, 0) is 30.5 Å². The van der Waals surface area contributed by atoms with Gasteiger partial charge in [-0.2, -0.15) is 0 Å². The van der Waals surface area contributed by atoms with Crippen molar-refractivity contribution in [3.05, 3.63) is 82.1 Å². The highest BCUT2D eigenvalue weighted by atomic mass is 32.1. The molecule has 0 saturated carbocycles. The lowest BCUT2D eigenvalue weighted by Crippen LogP contribution is -2.45. The van der Waals surface area contributed by atoms with Crippen molar-refractivity contribution in [3.8, 4) is 0 Å². The summed E-state index contributed by atoms with van der Waals surface area (Å²) in [5, 5.41) is 0.918. The number of thiazole rings is 1. The number of pyridine rings is 1. The zero-order valence-electron chi connectivity index (χ0n) is 15.6. The number of hydrogen-bond donors (Lipinski definition) is 0. The Hall–Kier alpha value is -2.60.